The Kier molecular flexibility index (Phi) is 5.15. The fourth-order valence-electron chi connectivity index (χ4n) is 5.35. The number of nitrogens with zero attached hydrogens (tertiary/aromatic N) is 2. The van der Waals surface area contributed by atoms with Gasteiger partial charge in [0.05, 0.1) is 35.1 Å². The van der Waals surface area contributed by atoms with E-state index in [1.165, 1.54) is 6.07 Å². The zero-order valence-electron chi connectivity index (χ0n) is 17.7. The maximum Gasteiger partial charge on any atom is 0.417 e. The van der Waals surface area contributed by atoms with Gasteiger partial charge < -0.3 is 9.47 Å². The van der Waals surface area contributed by atoms with Crippen LogP contribution >= 0.6 is 0 Å². The summed E-state index contributed by atoms with van der Waals surface area (Å²) >= 11 is 0. The van der Waals surface area contributed by atoms with Crippen LogP contribution in [0.3, 0.4) is 0 Å². The topological polar surface area (TPSA) is 96.7 Å². The third-order valence-electron chi connectivity index (χ3n) is 6.86. The molecule has 7 nitrogen and oxygen atoms in total. The van der Waals surface area contributed by atoms with Crippen molar-refractivity contribution in [2.24, 2.45) is 5.92 Å². The molecule has 0 unspecified atom stereocenters. The molecule has 3 aliphatic rings. The van der Waals surface area contributed by atoms with E-state index in [1.807, 2.05) is 0 Å². The van der Waals surface area contributed by atoms with Crippen LogP contribution in [0, 0.1) is 17.2 Å². The molecule has 0 amide bonds. The van der Waals surface area contributed by atoms with Gasteiger partial charge in [-0.2, -0.15) is 18.4 Å². The number of hydrogen-bond donors (Lipinski definition) is 0. The van der Waals surface area contributed by atoms with Crippen LogP contribution in [0.25, 0.3) is 0 Å². The summed E-state index contributed by atoms with van der Waals surface area (Å²) in [6.07, 6.45) is -5.44. The van der Waals surface area contributed by atoms with E-state index in [9.17, 15) is 26.4 Å². The number of carbonyl (C=O) groups excluding carboxylic acids is 1. The maximum atomic E-state index is 13.9. The Labute approximate surface area is 193 Å². The van der Waals surface area contributed by atoms with Gasteiger partial charge in [0.2, 0.25) is 4.75 Å². The average Bonchev–Trinajstić information content (AvgIpc) is 3.47. The van der Waals surface area contributed by atoms with Crippen LogP contribution in [0.4, 0.5) is 18.9 Å². The highest BCUT2D eigenvalue weighted by Gasteiger charge is 2.77. The standard InChI is InChI=1S/C23H19F3N2O5S/c24-23(25,26)17-10-16(7-6-15(17)11-27)28-12-18-19-8-9-20(33-19)22(18,34(28,30)31)21(29)32-13-14-4-2-1-3-5-14/h1-7,10,18-20H,8-9,12-13H2/t18-,19+,20-,22-/m0/s1. The van der Waals surface area contributed by atoms with Crippen LogP contribution in [-0.2, 0) is 37.1 Å². The number of hydrogen-bond acceptors (Lipinski definition) is 6. The van der Waals surface area contributed by atoms with Crippen molar-refractivity contribution in [2.45, 2.75) is 42.6 Å². The number of alkyl halides is 3. The first-order valence-electron chi connectivity index (χ1n) is 10.6. The Bertz CT molecular complexity index is 1290. The van der Waals surface area contributed by atoms with Crippen LogP contribution in [0.1, 0.15) is 29.5 Å². The van der Waals surface area contributed by atoms with Crippen LogP contribution in [0.15, 0.2) is 48.5 Å². The average molecular weight is 492 g/mol. The van der Waals surface area contributed by atoms with Gasteiger partial charge >= 0.3 is 12.1 Å². The van der Waals surface area contributed by atoms with Gasteiger partial charge in [0.15, 0.2) is 0 Å². The molecule has 3 aliphatic heterocycles. The van der Waals surface area contributed by atoms with Crippen molar-refractivity contribution in [1.82, 2.24) is 0 Å². The zero-order valence-corrected chi connectivity index (χ0v) is 18.5. The largest absolute Gasteiger partial charge is 0.460 e. The first kappa shape index (κ1) is 22.7. The Morgan fingerprint density at radius 2 is 1.94 bits per heavy atom. The van der Waals surface area contributed by atoms with Gasteiger partial charge in [-0.25, -0.2) is 8.42 Å². The molecule has 0 aliphatic carbocycles. The molecule has 11 heteroatoms. The molecule has 34 heavy (non-hydrogen) atoms. The number of sulfonamides is 1. The predicted molar refractivity (Wildman–Crippen MR) is 113 cm³/mol. The fourth-order valence-corrected chi connectivity index (χ4v) is 7.84. The van der Waals surface area contributed by atoms with E-state index in [-0.39, 0.29) is 18.8 Å². The van der Waals surface area contributed by atoms with Crippen molar-refractivity contribution >= 4 is 21.7 Å². The number of benzene rings is 2. The highest BCUT2D eigenvalue weighted by molar-refractivity contribution is 7.95. The molecule has 0 radical (unpaired) electrons. The molecule has 3 fully saturated rings. The minimum atomic E-state index is -4.85. The highest BCUT2D eigenvalue weighted by atomic mass is 32.2. The monoisotopic (exact) mass is 492 g/mol. The van der Waals surface area contributed by atoms with Crippen molar-refractivity contribution in [2.75, 3.05) is 10.8 Å². The van der Waals surface area contributed by atoms with Gasteiger partial charge in [-0.05, 0) is 36.6 Å². The number of rotatable bonds is 4. The number of halogens is 3. The van der Waals surface area contributed by atoms with Crippen LogP contribution in [-0.4, -0.2) is 37.9 Å². The van der Waals surface area contributed by atoms with Gasteiger partial charge in [-0.1, -0.05) is 30.3 Å². The Balaban J connectivity index is 1.54. The minimum Gasteiger partial charge on any atom is -0.460 e. The van der Waals surface area contributed by atoms with E-state index in [0.29, 0.717) is 24.5 Å². The van der Waals surface area contributed by atoms with Crippen LogP contribution in [0.5, 0.6) is 0 Å². The predicted octanol–water partition coefficient (Wildman–Crippen LogP) is 3.39. The first-order valence-corrected chi connectivity index (χ1v) is 12.0. The number of ether oxygens (including phenoxy) is 2. The summed E-state index contributed by atoms with van der Waals surface area (Å²) < 4.78 is 78.3. The second kappa shape index (κ2) is 7.71. The van der Waals surface area contributed by atoms with Crippen molar-refractivity contribution in [1.29, 1.82) is 5.26 Å². The molecular weight excluding hydrogens is 473 g/mol. The van der Waals surface area contributed by atoms with Crippen LogP contribution in [0.2, 0.25) is 0 Å². The molecule has 0 N–H and O–H groups in total. The van der Waals surface area contributed by atoms with E-state index in [1.54, 1.807) is 30.3 Å². The Hall–Kier alpha value is -3.10. The van der Waals surface area contributed by atoms with Gasteiger partial charge in [-0.3, -0.25) is 9.10 Å². The van der Waals surface area contributed by atoms with Gasteiger partial charge in [-0.15, -0.1) is 0 Å². The lowest BCUT2D eigenvalue weighted by atomic mass is 9.78. The Morgan fingerprint density at radius 3 is 2.62 bits per heavy atom. The summed E-state index contributed by atoms with van der Waals surface area (Å²) in [6, 6.07) is 13.0. The van der Waals surface area contributed by atoms with E-state index >= 15 is 0 Å². The van der Waals surface area contributed by atoms with E-state index in [2.05, 4.69) is 0 Å². The lowest BCUT2D eigenvalue weighted by molar-refractivity contribution is -0.150. The normalized spacial score (nSPS) is 29.0. The molecule has 5 rings (SSSR count). The third kappa shape index (κ3) is 3.12. The summed E-state index contributed by atoms with van der Waals surface area (Å²) in [5.41, 5.74) is -1.44. The summed E-state index contributed by atoms with van der Waals surface area (Å²) in [6.45, 7) is -0.358. The SMILES string of the molecule is N#Cc1ccc(N2C[C@H]3[C@H]4CC[C@H](O4)[C@@]3(C(=O)OCc3ccccc3)S2(=O)=O)cc1C(F)(F)F. The molecule has 2 bridgehead atoms. The molecule has 0 aromatic heterocycles. The lowest BCUT2D eigenvalue weighted by Gasteiger charge is -2.32. The van der Waals surface area contributed by atoms with E-state index in [0.717, 1.165) is 16.4 Å². The summed E-state index contributed by atoms with van der Waals surface area (Å²) in [5, 5.41) is 9.06. The number of nitriles is 1. The summed E-state index contributed by atoms with van der Waals surface area (Å²) in [7, 11) is -4.51. The third-order valence-corrected chi connectivity index (χ3v) is 9.38. The van der Waals surface area contributed by atoms with Crippen molar-refractivity contribution in [3.63, 3.8) is 0 Å². The molecule has 3 heterocycles. The fraction of sp³-hybridized carbons (Fsp3) is 0.391. The van der Waals surface area contributed by atoms with E-state index in [4.69, 9.17) is 14.7 Å². The van der Waals surface area contributed by atoms with Crippen molar-refractivity contribution < 1.29 is 35.9 Å². The second-order valence-electron chi connectivity index (χ2n) is 8.58. The molecule has 0 saturated carbocycles. The van der Waals surface area contributed by atoms with Gasteiger partial charge in [0, 0.05) is 12.5 Å². The molecule has 2 aromatic carbocycles. The van der Waals surface area contributed by atoms with Crippen LogP contribution < -0.4 is 4.31 Å². The number of esters is 1. The molecule has 0 spiro atoms. The summed E-state index contributed by atoms with van der Waals surface area (Å²) in [5.74, 6) is -1.75. The molecule has 3 saturated heterocycles. The van der Waals surface area contributed by atoms with E-state index < -0.39 is 56.2 Å². The molecule has 4 atom stereocenters. The zero-order chi connectivity index (χ0) is 24.3. The van der Waals surface area contributed by atoms with Crippen molar-refractivity contribution in [3.8, 4) is 6.07 Å². The van der Waals surface area contributed by atoms with Gasteiger partial charge in [0.25, 0.3) is 10.0 Å². The Morgan fingerprint density at radius 1 is 1.21 bits per heavy atom. The quantitative estimate of drug-likeness (QED) is 0.607. The highest BCUT2D eigenvalue weighted by Crippen LogP contribution is 2.57. The molecule has 2 aromatic rings. The second-order valence-corrected chi connectivity index (χ2v) is 10.6. The minimum absolute atomic E-state index is 0.143. The molecule has 178 valence electrons. The van der Waals surface area contributed by atoms with Gasteiger partial charge in [0.1, 0.15) is 6.61 Å². The lowest BCUT2D eigenvalue weighted by Crippen LogP contribution is -2.57. The number of anilines is 1. The summed E-state index contributed by atoms with van der Waals surface area (Å²) in [4.78, 5) is 13.4. The number of fused-ring (bicyclic) bond motifs is 5. The smallest absolute Gasteiger partial charge is 0.417 e. The molecular formula is C23H19F3N2O5S. The maximum absolute atomic E-state index is 13.9. The van der Waals surface area contributed by atoms with Crippen molar-refractivity contribution in [3.05, 3.63) is 65.2 Å². The number of carbonyl (C=O) groups is 1. The first-order chi connectivity index (χ1) is 16.1.